The molecule has 0 spiro atoms. The van der Waals surface area contributed by atoms with Gasteiger partial charge in [0.2, 0.25) is 0 Å². The molecule has 0 aliphatic carbocycles. The SMILES string of the molecule is CCCOc1ccc(C2/C(=C(\O)c3ccncc3)C(=O)C(=O)N2CCCN(C)C)cc1OCC. The van der Waals surface area contributed by atoms with E-state index in [2.05, 4.69) is 4.98 Å². The largest absolute Gasteiger partial charge is 0.507 e. The number of hydrogen-bond acceptors (Lipinski definition) is 7. The van der Waals surface area contributed by atoms with E-state index in [1.807, 2.05) is 38.9 Å². The summed E-state index contributed by atoms with van der Waals surface area (Å²) in [7, 11) is 3.91. The fourth-order valence-corrected chi connectivity index (χ4v) is 3.97. The van der Waals surface area contributed by atoms with Crippen molar-refractivity contribution in [2.24, 2.45) is 0 Å². The molecule has 1 unspecified atom stereocenters. The summed E-state index contributed by atoms with van der Waals surface area (Å²) in [6, 6.07) is 7.89. The van der Waals surface area contributed by atoms with Gasteiger partial charge >= 0.3 is 0 Å². The van der Waals surface area contributed by atoms with Gasteiger partial charge in [0.05, 0.1) is 24.8 Å². The summed E-state index contributed by atoms with van der Waals surface area (Å²) in [6.45, 7) is 6.02. The molecule has 2 aromatic rings. The van der Waals surface area contributed by atoms with E-state index >= 15 is 0 Å². The van der Waals surface area contributed by atoms with Crippen LogP contribution < -0.4 is 9.47 Å². The molecule has 1 aromatic heterocycles. The lowest BCUT2D eigenvalue weighted by molar-refractivity contribution is -0.139. The molecule has 1 amide bonds. The number of hydrogen-bond donors (Lipinski definition) is 1. The minimum Gasteiger partial charge on any atom is -0.507 e. The molecule has 1 saturated heterocycles. The zero-order chi connectivity index (χ0) is 24.7. The first kappa shape index (κ1) is 25.2. The van der Waals surface area contributed by atoms with Crippen molar-refractivity contribution >= 4 is 17.4 Å². The normalized spacial score (nSPS) is 17.4. The summed E-state index contributed by atoms with van der Waals surface area (Å²) in [4.78, 5) is 33.8. The standard InChI is InChI=1S/C26H33N3O5/c1-5-16-34-20-9-8-19(17-21(20)33-6-2)23-22(24(30)18-10-12-27-13-11-18)25(31)26(32)29(23)15-7-14-28(3)4/h8-13,17,23,30H,5-7,14-16H2,1-4H3/b24-22+. The zero-order valence-corrected chi connectivity index (χ0v) is 20.3. The topological polar surface area (TPSA) is 92.2 Å². The maximum atomic E-state index is 13.1. The van der Waals surface area contributed by atoms with E-state index in [-0.39, 0.29) is 11.3 Å². The van der Waals surface area contributed by atoms with Crippen molar-refractivity contribution in [3.8, 4) is 11.5 Å². The molecule has 1 aromatic carbocycles. The second kappa shape index (κ2) is 11.7. The second-order valence-electron chi connectivity index (χ2n) is 8.37. The van der Waals surface area contributed by atoms with Crippen molar-refractivity contribution in [3.05, 3.63) is 59.4 Å². The molecular formula is C26H33N3O5. The Bertz CT molecular complexity index is 1040. The molecule has 0 saturated carbocycles. The lowest BCUT2D eigenvalue weighted by Gasteiger charge is -2.26. The monoisotopic (exact) mass is 467 g/mol. The molecule has 1 aliphatic heterocycles. The van der Waals surface area contributed by atoms with E-state index in [1.54, 1.807) is 24.3 Å². The third-order valence-electron chi connectivity index (χ3n) is 5.54. The van der Waals surface area contributed by atoms with Gasteiger partial charge in [-0.2, -0.15) is 0 Å². The number of Topliss-reactive ketones (excluding diaryl/α,β-unsaturated/α-hetero) is 1. The number of nitrogens with zero attached hydrogens (tertiary/aromatic N) is 3. The highest BCUT2D eigenvalue weighted by atomic mass is 16.5. The fourth-order valence-electron chi connectivity index (χ4n) is 3.97. The molecular weight excluding hydrogens is 434 g/mol. The van der Waals surface area contributed by atoms with Crippen LogP contribution in [0, 0.1) is 0 Å². The van der Waals surface area contributed by atoms with Crippen LogP contribution in [-0.2, 0) is 9.59 Å². The van der Waals surface area contributed by atoms with E-state index in [9.17, 15) is 14.7 Å². The molecule has 8 heteroatoms. The molecule has 3 rings (SSSR count). The number of aromatic nitrogens is 1. The molecule has 8 nitrogen and oxygen atoms in total. The number of benzene rings is 1. The average molecular weight is 468 g/mol. The fraction of sp³-hybridized carbons (Fsp3) is 0.423. The number of aliphatic hydroxyl groups is 1. The number of amides is 1. The van der Waals surface area contributed by atoms with Gasteiger partial charge in [0.1, 0.15) is 5.76 Å². The Morgan fingerprint density at radius 1 is 1.09 bits per heavy atom. The van der Waals surface area contributed by atoms with Gasteiger partial charge in [0.15, 0.2) is 11.5 Å². The lowest BCUT2D eigenvalue weighted by atomic mass is 9.95. The number of carbonyl (C=O) groups is 2. The molecule has 1 atom stereocenters. The van der Waals surface area contributed by atoms with E-state index in [0.717, 1.165) is 13.0 Å². The molecule has 2 heterocycles. The van der Waals surface area contributed by atoms with Crippen LogP contribution in [0.15, 0.2) is 48.3 Å². The Kier molecular flexibility index (Phi) is 8.65. The second-order valence-corrected chi connectivity index (χ2v) is 8.37. The minimum absolute atomic E-state index is 0.0609. The van der Waals surface area contributed by atoms with E-state index < -0.39 is 17.7 Å². The van der Waals surface area contributed by atoms with Gasteiger partial charge in [-0.1, -0.05) is 13.0 Å². The molecule has 1 fully saturated rings. The first-order chi connectivity index (χ1) is 16.4. The molecule has 1 aliphatic rings. The minimum atomic E-state index is -0.741. The van der Waals surface area contributed by atoms with Crippen molar-refractivity contribution in [2.45, 2.75) is 32.7 Å². The highest BCUT2D eigenvalue weighted by Gasteiger charge is 2.46. The van der Waals surface area contributed by atoms with E-state index in [4.69, 9.17) is 9.47 Å². The average Bonchev–Trinajstić information content (AvgIpc) is 3.08. The van der Waals surface area contributed by atoms with Gasteiger partial charge in [-0.05, 0) is 70.2 Å². The maximum absolute atomic E-state index is 13.1. The summed E-state index contributed by atoms with van der Waals surface area (Å²) in [5.74, 6) is -0.399. The molecule has 1 N–H and O–H groups in total. The maximum Gasteiger partial charge on any atom is 0.295 e. The predicted octanol–water partition coefficient (Wildman–Crippen LogP) is 3.64. The van der Waals surface area contributed by atoms with Gasteiger partial charge in [0, 0.05) is 24.5 Å². The zero-order valence-electron chi connectivity index (χ0n) is 20.3. The van der Waals surface area contributed by atoms with Crippen molar-refractivity contribution < 1.29 is 24.2 Å². The van der Waals surface area contributed by atoms with Crippen LogP contribution in [0.25, 0.3) is 5.76 Å². The van der Waals surface area contributed by atoms with E-state index in [0.29, 0.717) is 48.8 Å². The van der Waals surface area contributed by atoms with Gasteiger partial charge in [0.25, 0.3) is 11.7 Å². The van der Waals surface area contributed by atoms with Crippen molar-refractivity contribution in [2.75, 3.05) is 40.4 Å². The summed E-state index contributed by atoms with van der Waals surface area (Å²) in [5, 5.41) is 11.1. The number of ether oxygens (including phenoxy) is 2. The summed E-state index contributed by atoms with van der Waals surface area (Å²) in [6.07, 6.45) is 4.60. The summed E-state index contributed by atoms with van der Waals surface area (Å²) >= 11 is 0. The molecule has 182 valence electrons. The van der Waals surface area contributed by atoms with Gasteiger partial charge in [-0.15, -0.1) is 0 Å². The molecule has 0 radical (unpaired) electrons. The van der Waals surface area contributed by atoms with Crippen LogP contribution in [0.3, 0.4) is 0 Å². The number of ketones is 1. The third-order valence-corrected chi connectivity index (χ3v) is 5.54. The number of aliphatic hydroxyl groups excluding tert-OH is 1. The Hall–Kier alpha value is -3.39. The van der Waals surface area contributed by atoms with Gasteiger partial charge < -0.3 is 24.4 Å². The number of pyridine rings is 1. The summed E-state index contributed by atoms with van der Waals surface area (Å²) < 4.78 is 11.6. The highest BCUT2D eigenvalue weighted by Crippen LogP contribution is 2.42. The highest BCUT2D eigenvalue weighted by molar-refractivity contribution is 6.46. The van der Waals surface area contributed by atoms with Crippen molar-refractivity contribution in [1.82, 2.24) is 14.8 Å². The number of rotatable bonds is 11. The number of likely N-dealkylation sites (tertiary alicyclic amines) is 1. The van der Waals surface area contributed by atoms with Crippen LogP contribution in [0.1, 0.15) is 43.9 Å². The van der Waals surface area contributed by atoms with Gasteiger partial charge in [-0.25, -0.2) is 0 Å². The Morgan fingerprint density at radius 2 is 1.82 bits per heavy atom. The van der Waals surface area contributed by atoms with Crippen LogP contribution in [0.4, 0.5) is 0 Å². The smallest absolute Gasteiger partial charge is 0.295 e. The quantitative estimate of drug-likeness (QED) is 0.306. The van der Waals surface area contributed by atoms with Gasteiger partial charge in [-0.3, -0.25) is 14.6 Å². The Balaban J connectivity index is 2.11. The Labute approximate surface area is 200 Å². The van der Waals surface area contributed by atoms with Crippen LogP contribution in [-0.4, -0.2) is 72.0 Å². The van der Waals surface area contributed by atoms with Crippen LogP contribution in [0.5, 0.6) is 11.5 Å². The predicted molar refractivity (Wildman–Crippen MR) is 130 cm³/mol. The molecule has 34 heavy (non-hydrogen) atoms. The van der Waals surface area contributed by atoms with Crippen molar-refractivity contribution in [1.29, 1.82) is 0 Å². The Morgan fingerprint density at radius 3 is 2.47 bits per heavy atom. The van der Waals surface area contributed by atoms with Crippen molar-refractivity contribution in [3.63, 3.8) is 0 Å². The van der Waals surface area contributed by atoms with E-state index in [1.165, 1.54) is 17.3 Å². The van der Waals surface area contributed by atoms with Crippen LogP contribution >= 0.6 is 0 Å². The number of carbonyl (C=O) groups excluding carboxylic acids is 2. The summed E-state index contributed by atoms with van der Waals surface area (Å²) in [5.41, 5.74) is 1.16. The lowest BCUT2D eigenvalue weighted by Crippen LogP contribution is -2.32. The first-order valence-electron chi connectivity index (χ1n) is 11.6. The molecule has 0 bridgehead atoms. The first-order valence-corrected chi connectivity index (χ1v) is 11.6. The van der Waals surface area contributed by atoms with Crippen LogP contribution in [0.2, 0.25) is 0 Å². The third kappa shape index (κ3) is 5.56.